The van der Waals surface area contributed by atoms with Crippen molar-refractivity contribution in [3.8, 4) is 11.5 Å². The van der Waals surface area contributed by atoms with E-state index >= 15 is 0 Å². The Kier molecular flexibility index (Phi) is 19.0. The normalized spacial score (nSPS) is 12.5. The molecule has 378 valence electrons. The topological polar surface area (TPSA) is 401 Å². The molecule has 0 radical (unpaired) electrons. The Morgan fingerprint density at radius 2 is 0.914 bits per heavy atom. The predicted octanol–water partition coefficient (Wildman–Crippen LogP) is 7.38. The Bertz CT molecular complexity index is 3060. The van der Waals surface area contributed by atoms with E-state index in [1.54, 1.807) is 0 Å². The number of benzene rings is 4. The van der Waals surface area contributed by atoms with E-state index in [0.29, 0.717) is 0 Å². The standard InChI is InChI=1S/C36H36Cl4N10O16S4/c37-22-5-3-19(11-32(22)69(59,60)61)47-49-26-15-30(65-7-1-9-67(53,54)55)28(13-24(26)39)42-35-44-34(41-21(17-51)18-52)45-36(46-35)43-29-14-25(40)27(16-31(29)66-8-2-10-68(56,57)58)50-48-20-4-6-23(38)33(12-20)70(62,63)64/h3-6,11-16,21,51-52H,1-2,7-10,17-18H2,(H,53,54,55)(H,56,57,58)(H,59,60,61)(H,62,63,64)(H3,41,42,43,44,45,46). The summed E-state index contributed by atoms with van der Waals surface area (Å²) in [6.45, 7) is -1.84. The van der Waals surface area contributed by atoms with Gasteiger partial charge in [-0.05, 0) is 61.4 Å². The van der Waals surface area contributed by atoms with Gasteiger partial charge in [0.05, 0.1) is 86.8 Å². The number of hydrogen-bond donors (Lipinski definition) is 9. The SMILES string of the molecule is O=S(=O)(O)CCCOc1cc(N=Nc2ccc(Cl)c(S(=O)(=O)O)c2)c(Cl)cc1Nc1nc(Nc2cc(Cl)c(N=Nc3ccc(Cl)c(S(=O)(=O)O)c3)cc2OCCCS(=O)(=O)O)nc(NC(CO)CO)n1. The highest BCUT2D eigenvalue weighted by Crippen LogP contribution is 2.41. The van der Waals surface area contributed by atoms with E-state index in [0.717, 1.165) is 24.3 Å². The average Bonchev–Trinajstić information content (AvgIpc) is 3.25. The van der Waals surface area contributed by atoms with E-state index < -0.39 is 81.0 Å². The third kappa shape index (κ3) is 17.0. The molecule has 0 aliphatic carbocycles. The summed E-state index contributed by atoms with van der Waals surface area (Å²) >= 11 is 25.0. The van der Waals surface area contributed by atoms with E-state index in [-0.39, 0.29) is 110 Å². The van der Waals surface area contributed by atoms with Gasteiger partial charge in [0.1, 0.15) is 32.7 Å². The molecule has 0 fully saturated rings. The summed E-state index contributed by atoms with van der Waals surface area (Å²) in [5.41, 5.74) is -0.359. The average molecular weight is 1130 g/mol. The van der Waals surface area contributed by atoms with Gasteiger partial charge in [0.2, 0.25) is 17.8 Å². The van der Waals surface area contributed by atoms with Crippen molar-refractivity contribution in [1.82, 2.24) is 15.0 Å². The van der Waals surface area contributed by atoms with E-state index in [1.807, 2.05) is 0 Å². The van der Waals surface area contributed by atoms with Gasteiger partial charge in [-0.25, -0.2) is 0 Å². The van der Waals surface area contributed by atoms with Crippen LogP contribution in [0.25, 0.3) is 0 Å². The molecule has 4 aromatic carbocycles. The Labute approximate surface area is 418 Å². The van der Waals surface area contributed by atoms with Crippen molar-refractivity contribution < 1.29 is 71.6 Å². The predicted molar refractivity (Wildman–Crippen MR) is 255 cm³/mol. The van der Waals surface area contributed by atoms with E-state index in [9.17, 15) is 62.1 Å². The van der Waals surface area contributed by atoms with E-state index in [2.05, 4.69) is 51.4 Å². The lowest BCUT2D eigenvalue weighted by Crippen LogP contribution is -2.29. The molecular formula is C36H36Cl4N10O16S4. The van der Waals surface area contributed by atoms with Crippen LogP contribution >= 0.6 is 46.4 Å². The van der Waals surface area contributed by atoms with Crippen LogP contribution in [0.3, 0.4) is 0 Å². The Morgan fingerprint density at radius 1 is 0.529 bits per heavy atom. The zero-order valence-electron chi connectivity index (χ0n) is 35.0. The Morgan fingerprint density at radius 3 is 1.27 bits per heavy atom. The van der Waals surface area contributed by atoms with Crippen LogP contribution in [-0.4, -0.2) is 121 Å². The maximum absolute atomic E-state index is 11.8. The second-order valence-electron chi connectivity index (χ2n) is 13.9. The van der Waals surface area contributed by atoms with Crippen LogP contribution in [0, 0.1) is 0 Å². The molecule has 0 unspecified atom stereocenters. The van der Waals surface area contributed by atoms with Gasteiger partial charge in [0.25, 0.3) is 40.5 Å². The van der Waals surface area contributed by atoms with Gasteiger partial charge in [-0.3, -0.25) is 18.2 Å². The minimum Gasteiger partial charge on any atom is -0.491 e. The van der Waals surface area contributed by atoms with Gasteiger partial charge in [-0.15, -0.1) is 10.2 Å². The smallest absolute Gasteiger partial charge is 0.296 e. The first-order chi connectivity index (χ1) is 32.7. The maximum atomic E-state index is 11.8. The first-order valence-corrected chi connectivity index (χ1v) is 26.8. The monoisotopic (exact) mass is 1130 g/mol. The van der Waals surface area contributed by atoms with Crippen molar-refractivity contribution in [3.05, 3.63) is 80.8 Å². The minimum atomic E-state index is -4.75. The molecule has 0 aliphatic heterocycles. The molecule has 0 aliphatic rings. The first-order valence-electron chi connectivity index (χ1n) is 19.2. The quantitative estimate of drug-likeness (QED) is 0.0165. The Balaban J connectivity index is 1.56. The summed E-state index contributed by atoms with van der Waals surface area (Å²) in [5, 5.41) is 43.3. The van der Waals surface area contributed by atoms with Crippen molar-refractivity contribution in [2.24, 2.45) is 20.5 Å². The highest BCUT2D eigenvalue weighted by molar-refractivity contribution is 7.86. The number of nitrogens with one attached hydrogen (secondary N) is 3. The molecule has 5 rings (SSSR count). The van der Waals surface area contributed by atoms with Crippen molar-refractivity contribution in [2.45, 2.75) is 28.7 Å². The van der Waals surface area contributed by atoms with Crippen LogP contribution in [0.1, 0.15) is 12.8 Å². The summed E-state index contributed by atoms with van der Waals surface area (Å²) in [7, 11) is -18.3. The van der Waals surface area contributed by atoms with Crippen molar-refractivity contribution >= 4 is 139 Å². The highest BCUT2D eigenvalue weighted by atomic mass is 35.5. The number of azo groups is 2. The molecule has 5 aromatic rings. The van der Waals surface area contributed by atoms with Crippen LogP contribution in [0.5, 0.6) is 11.5 Å². The number of rotatable bonds is 24. The molecule has 0 amide bonds. The highest BCUT2D eigenvalue weighted by Gasteiger charge is 2.20. The lowest BCUT2D eigenvalue weighted by atomic mass is 10.2. The van der Waals surface area contributed by atoms with Crippen LogP contribution in [0.15, 0.2) is 90.9 Å². The molecule has 0 saturated carbocycles. The molecule has 0 bridgehead atoms. The largest absolute Gasteiger partial charge is 0.491 e. The summed E-state index contributed by atoms with van der Waals surface area (Å²) in [4.78, 5) is 11.6. The van der Waals surface area contributed by atoms with Gasteiger partial charge in [0.15, 0.2) is 0 Å². The second-order valence-corrected chi connectivity index (χ2v) is 21.5. The molecular weight excluding hydrogens is 1100 g/mol. The number of aliphatic hydroxyl groups excluding tert-OH is 2. The molecule has 70 heavy (non-hydrogen) atoms. The van der Waals surface area contributed by atoms with Gasteiger partial charge in [-0.1, -0.05) is 46.4 Å². The zero-order chi connectivity index (χ0) is 51.6. The number of ether oxygens (including phenoxy) is 2. The van der Waals surface area contributed by atoms with Crippen molar-refractivity contribution in [2.75, 3.05) is 53.9 Å². The number of nitrogens with zero attached hydrogens (tertiary/aromatic N) is 7. The molecule has 9 N–H and O–H groups in total. The van der Waals surface area contributed by atoms with Crippen molar-refractivity contribution in [1.29, 1.82) is 0 Å². The molecule has 0 spiro atoms. The zero-order valence-corrected chi connectivity index (χ0v) is 41.3. The lowest BCUT2D eigenvalue weighted by Gasteiger charge is -2.18. The second kappa shape index (κ2) is 23.8. The third-order valence-corrected chi connectivity index (χ3v) is 13.4. The summed E-state index contributed by atoms with van der Waals surface area (Å²) in [5.74, 6) is -2.44. The number of halogens is 4. The van der Waals surface area contributed by atoms with Crippen LogP contribution < -0.4 is 25.4 Å². The van der Waals surface area contributed by atoms with E-state index in [4.69, 9.17) is 55.9 Å². The Hall–Kier alpha value is -5.19. The van der Waals surface area contributed by atoms with Crippen LogP contribution in [0.2, 0.25) is 20.1 Å². The summed E-state index contributed by atoms with van der Waals surface area (Å²) in [6.07, 6.45) is -0.421. The molecule has 0 saturated heterocycles. The third-order valence-electron chi connectivity index (χ3n) is 8.54. The van der Waals surface area contributed by atoms with Gasteiger partial charge in [-0.2, -0.15) is 58.9 Å². The van der Waals surface area contributed by atoms with Crippen molar-refractivity contribution in [3.63, 3.8) is 0 Å². The lowest BCUT2D eigenvalue weighted by molar-refractivity contribution is 0.203. The first kappa shape index (κ1) is 55.7. The number of hydrogen-bond acceptors (Lipinski definition) is 22. The van der Waals surface area contributed by atoms with Gasteiger partial charge >= 0.3 is 0 Å². The van der Waals surface area contributed by atoms with E-state index in [1.165, 1.54) is 36.4 Å². The molecule has 1 heterocycles. The maximum Gasteiger partial charge on any atom is 0.296 e. The van der Waals surface area contributed by atoms with Crippen LogP contribution in [-0.2, 0) is 40.5 Å². The summed E-state index contributed by atoms with van der Waals surface area (Å²) in [6, 6.07) is 10.7. The number of aromatic nitrogens is 3. The van der Waals surface area contributed by atoms with Gasteiger partial charge in [0, 0.05) is 12.1 Å². The van der Waals surface area contributed by atoms with Crippen LogP contribution in [0.4, 0.5) is 52.0 Å². The van der Waals surface area contributed by atoms with Gasteiger partial charge < -0.3 is 35.6 Å². The number of aliphatic hydroxyl groups is 2. The minimum absolute atomic E-state index is 0.00932. The fraction of sp³-hybridized carbons (Fsp3) is 0.250. The molecule has 1 aromatic heterocycles. The molecule has 26 nitrogen and oxygen atoms in total. The fourth-order valence-electron chi connectivity index (χ4n) is 5.37. The summed E-state index contributed by atoms with van der Waals surface area (Å²) < 4.78 is 142. The molecule has 34 heteroatoms. The fourth-order valence-corrected chi connectivity index (χ4v) is 8.73. The number of anilines is 5. The molecule has 0 atom stereocenters.